The number of nitrogens with zero attached hydrogens (tertiary/aromatic N) is 1. The fourth-order valence-electron chi connectivity index (χ4n) is 1.50. The highest BCUT2D eigenvalue weighted by Gasteiger charge is 2.36. The summed E-state index contributed by atoms with van der Waals surface area (Å²) in [6.07, 6.45) is 2.74. The summed E-state index contributed by atoms with van der Waals surface area (Å²) in [5, 5.41) is 3.75. The van der Waals surface area contributed by atoms with Crippen molar-refractivity contribution in [1.82, 2.24) is 10.3 Å². The van der Waals surface area contributed by atoms with Crippen LogP contribution in [0.1, 0.15) is 17.8 Å². The molecule has 0 aromatic carbocycles. The Morgan fingerprint density at radius 3 is 2.77 bits per heavy atom. The van der Waals surface area contributed by atoms with Crippen LogP contribution in [0.4, 0.5) is 4.39 Å². The number of hydrogen-bond acceptors (Lipinski definition) is 3. The van der Waals surface area contributed by atoms with E-state index in [1.165, 1.54) is 11.3 Å². The van der Waals surface area contributed by atoms with Crippen molar-refractivity contribution < 1.29 is 4.39 Å². The maximum absolute atomic E-state index is 14.2. The Morgan fingerprint density at radius 2 is 2.23 bits per heavy atom. The summed E-state index contributed by atoms with van der Waals surface area (Å²) in [7, 11) is 0. The largest absolute Gasteiger partial charge is 0.316 e. The Hall–Kier alpha value is -0.0000000000000000486. The van der Waals surface area contributed by atoms with Gasteiger partial charge in [-0.2, -0.15) is 0 Å². The molecule has 0 aliphatic carbocycles. The van der Waals surface area contributed by atoms with E-state index in [1.807, 2.05) is 0 Å². The Kier molecular flexibility index (Phi) is 2.67. The lowest BCUT2D eigenvalue weighted by Gasteiger charge is -2.27. The van der Waals surface area contributed by atoms with E-state index in [0.717, 1.165) is 16.9 Å². The fourth-order valence-corrected chi connectivity index (χ4v) is 2.84. The molecule has 1 fully saturated rings. The Morgan fingerprint density at radius 1 is 1.54 bits per heavy atom. The van der Waals surface area contributed by atoms with E-state index in [0.29, 0.717) is 17.8 Å². The molecule has 13 heavy (non-hydrogen) atoms. The van der Waals surface area contributed by atoms with Crippen LogP contribution < -0.4 is 5.32 Å². The lowest BCUT2D eigenvalue weighted by atomic mass is 9.95. The third-order valence-corrected chi connectivity index (χ3v) is 3.91. The van der Waals surface area contributed by atoms with E-state index in [2.05, 4.69) is 26.2 Å². The van der Waals surface area contributed by atoms with Crippen LogP contribution in [0.25, 0.3) is 0 Å². The van der Waals surface area contributed by atoms with Crippen molar-refractivity contribution in [2.45, 2.75) is 18.5 Å². The number of piperidine rings is 1. The summed E-state index contributed by atoms with van der Waals surface area (Å²) in [4.78, 5) is 4.08. The molecule has 1 aliphatic heterocycles. The van der Waals surface area contributed by atoms with E-state index < -0.39 is 5.67 Å². The van der Waals surface area contributed by atoms with Crippen LogP contribution in [-0.2, 0) is 5.67 Å². The second kappa shape index (κ2) is 3.63. The van der Waals surface area contributed by atoms with Crippen molar-refractivity contribution in [3.63, 3.8) is 0 Å². The Labute approximate surface area is 88.7 Å². The number of rotatable bonds is 1. The normalized spacial score (nSPS) is 21.7. The van der Waals surface area contributed by atoms with Gasteiger partial charge < -0.3 is 5.32 Å². The summed E-state index contributed by atoms with van der Waals surface area (Å²) in [6, 6.07) is 0. The molecular formula is C8H10BrFN2S. The number of hydrogen-bond donors (Lipinski definition) is 1. The highest BCUT2D eigenvalue weighted by molar-refractivity contribution is 9.11. The molecule has 2 rings (SSSR count). The molecule has 72 valence electrons. The van der Waals surface area contributed by atoms with Gasteiger partial charge in [-0.1, -0.05) is 0 Å². The topological polar surface area (TPSA) is 24.9 Å². The second-order valence-electron chi connectivity index (χ2n) is 3.18. The molecule has 2 heterocycles. The number of alkyl halides is 1. The van der Waals surface area contributed by atoms with E-state index in [-0.39, 0.29) is 0 Å². The molecule has 0 spiro atoms. The molecule has 1 aliphatic rings. The van der Waals surface area contributed by atoms with E-state index in [9.17, 15) is 4.39 Å². The second-order valence-corrected chi connectivity index (χ2v) is 5.59. The average Bonchev–Trinajstić information content (AvgIpc) is 2.54. The van der Waals surface area contributed by atoms with Crippen molar-refractivity contribution in [2.24, 2.45) is 0 Å². The first-order valence-electron chi connectivity index (χ1n) is 4.22. The average molecular weight is 265 g/mol. The van der Waals surface area contributed by atoms with Crippen molar-refractivity contribution in [1.29, 1.82) is 0 Å². The molecule has 0 unspecified atom stereocenters. The Balaban J connectivity index is 2.22. The van der Waals surface area contributed by atoms with Crippen LogP contribution in [0, 0.1) is 0 Å². The highest BCUT2D eigenvalue weighted by atomic mass is 79.9. The molecule has 0 radical (unpaired) electrons. The molecule has 0 atom stereocenters. The number of aromatic nitrogens is 1. The summed E-state index contributed by atoms with van der Waals surface area (Å²) in [5.41, 5.74) is -1.19. The summed E-state index contributed by atoms with van der Waals surface area (Å²) in [5.74, 6) is 0. The van der Waals surface area contributed by atoms with Crippen LogP contribution >= 0.6 is 27.3 Å². The van der Waals surface area contributed by atoms with Gasteiger partial charge in [0.15, 0.2) is 5.67 Å². The van der Waals surface area contributed by atoms with Gasteiger partial charge in [0.05, 0.1) is 9.98 Å². The van der Waals surface area contributed by atoms with Crippen LogP contribution in [0.15, 0.2) is 9.98 Å². The van der Waals surface area contributed by atoms with Crippen LogP contribution in [0.2, 0.25) is 0 Å². The molecule has 1 aromatic heterocycles. The molecule has 0 saturated carbocycles. The lowest BCUT2D eigenvalue weighted by molar-refractivity contribution is 0.115. The molecule has 1 N–H and O–H groups in total. The summed E-state index contributed by atoms with van der Waals surface area (Å²) < 4.78 is 15.1. The van der Waals surface area contributed by atoms with Crippen LogP contribution in [-0.4, -0.2) is 18.1 Å². The maximum Gasteiger partial charge on any atom is 0.164 e. The molecule has 2 nitrogen and oxygen atoms in total. The first-order valence-corrected chi connectivity index (χ1v) is 5.83. The quantitative estimate of drug-likeness (QED) is 0.843. The molecule has 1 aromatic rings. The van der Waals surface area contributed by atoms with Crippen molar-refractivity contribution in [3.05, 3.63) is 15.0 Å². The van der Waals surface area contributed by atoms with E-state index in [1.54, 1.807) is 6.20 Å². The van der Waals surface area contributed by atoms with Crippen LogP contribution in [0.5, 0.6) is 0 Å². The highest BCUT2D eigenvalue weighted by Crippen LogP contribution is 2.38. The molecule has 5 heteroatoms. The number of thiazole rings is 1. The van der Waals surface area contributed by atoms with Gasteiger partial charge in [-0.25, -0.2) is 9.37 Å². The predicted octanol–water partition coefficient (Wildman–Crippen LogP) is 2.45. The van der Waals surface area contributed by atoms with Gasteiger partial charge in [0.2, 0.25) is 0 Å². The van der Waals surface area contributed by atoms with Gasteiger partial charge >= 0.3 is 0 Å². The van der Waals surface area contributed by atoms with Crippen molar-refractivity contribution in [2.75, 3.05) is 13.1 Å². The van der Waals surface area contributed by atoms with Crippen LogP contribution in [0.3, 0.4) is 0 Å². The van der Waals surface area contributed by atoms with E-state index in [4.69, 9.17) is 0 Å². The molecule has 1 saturated heterocycles. The monoisotopic (exact) mass is 264 g/mol. The van der Waals surface area contributed by atoms with Gasteiger partial charge in [0.1, 0.15) is 5.01 Å². The summed E-state index contributed by atoms with van der Waals surface area (Å²) >= 11 is 4.69. The number of nitrogens with one attached hydrogen (secondary N) is 1. The maximum atomic E-state index is 14.2. The van der Waals surface area contributed by atoms with Gasteiger partial charge in [-0.3, -0.25) is 0 Å². The van der Waals surface area contributed by atoms with E-state index >= 15 is 0 Å². The zero-order valence-electron chi connectivity index (χ0n) is 7.02. The molecular weight excluding hydrogens is 255 g/mol. The van der Waals surface area contributed by atoms with Crippen molar-refractivity contribution in [3.8, 4) is 0 Å². The lowest BCUT2D eigenvalue weighted by Crippen LogP contribution is -2.36. The summed E-state index contributed by atoms with van der Waals surface area (Å²) in [6.45, 7) is 1.49. The number of halogens is 2. The minimum atomic E-state index is -1.19. The smallest absolute Gasteiger partial charge is 0.164 e. The third kappa shape index (κ3) is 1.92. The minimum Gasteiger partial charge on any atom is -0.316 e. The fraction of sp³-hybridized carbons (Fsp3) is 0.625. The van der Waals surface area contributed by atoms with Gasteiger partial charge in [0.25, 0.3) is 0 Å². The predicted molar refractivity (Wildman–Crippen MR) is 54.7 cm³/mol. The minimum absolute atomic E-state index is 0.535. The third-order valence-electron chi connectivity index (χ3n) is 2.26. The van der Waals surface area contributed by atoms with Gasteiger partial charge in [-0.15, -0.1) is 11.3 Å². The first kappa shape index (κ1) is 9.55. The first-order chi connectivity index (χ1) is 6.21. The zero-order valence-corrected chi connectivity index (χ0v) is 9.42. The zero-order chi connectivity index (χ0) is 9.31. The van der Waals surface area contributed by atoms with Gasteiger partial charge in [0, 0.05) is 12.8 Å². The van der Waals surface area contributed by atoms with Crippen molar-refractivity contribution >= 4 is 27.3 Å². The SMILES string of the molecule is FC1(c2ncc(Br)s2)CCNCC1. The Bertz CT molecular complexity index is 296. The molecule has 0 amide bonds. The standard InChI is InChI=1S/C8H10BrFN2S/c9-6-5-12-7(13-6)8(10)1-3-11-4-2-8/h5,11H,1-4H2. The molecule has 0 bridgehead atoms. The van der Waals surface area contributed by atoms with Gasteiger partial charge in [-0.05, 0) is 29.0 Å².